The maximum absolute atomic E-state index is 11.7. The molecule has 1 heterocycles. The summed E-state index contributed by atoms with van der Waals surface area (Å²) in [7, 11) is 1.41. The second-order valence-corrected chi connectivity index (χ2v) is 7.32. The number of rotatable bonds is 7. The lowest BCUT2D eigenvalue weighted by Crippen LogP contribution is -2.36. The Kier molecular flexibility index (Phi) is 6.47. The van der Waals surface area contributed by atoms with Gasteiger partial charge in [-0.3, -0.25) is 4.79 Å². The van der Waals surface area contributed by atoms with E-state index in [2.05, 4.69) is 28.7 Å². The van der Waals surface area contributed by atoms with Crippen LogP contribution in [0.1, 0.15) is 37.7 Å². The molecule has 0 aromatic heterocycles. The Balaban J connectivity index is 1.65. The summed E-state index contributed by atoms with van der Waals surface area (Å²) in [4.78, 5) is 22.8. The molecule has 0 unspecified atom stereocenters. The Morgan fingerprint density at radius 2 is 2.15 bits per heavy atom. The Morgan fingerprint density at radius 3 is 2.89 bits per heavy atom. The number of methoxy groups -OCH3 is 1. The number of esters is 1. The topological polar surface area (TPSA) is 52.6 Å². The van der Waals surface area contributed by atoms with Gasteiger partial charge in [-0.25, -0.2) is 0 Å². The highest BCUT2D eigenvalue weighted by molar-refractivity contribution is 5.69. The van der Waals surface area contributed by atoms with E-state index in [1.54, 1.807) is 0 Å². The van der Waals surface area contributed by atoms with Gasteiger partial charge < -0.3 is 14.3 Å². The highest BCUT2D eigenvalue weighted by atomic mass is 16.5. The first-order valence-electron chi connectivity index (χ1n) is 9.55. The van der Waals surface area contributed by atoms with E-state index in [1.165, 1.54) is 7.11 Å². The molecular formula is C23H26O4. The summed E-state index contributed by atoms with van der Waals surface area (Å²) in [6.07, 6.45) is 8.94. The maximum Gasteiger partial charge on any atom is 0.305 e. The smallest absolute Gasteiger partial charge is 0.305 e. The molecule has 4 atom stereocenters. The number of hydrogen-bond acceptors (Lipinski definition) is 4. The quantitative estimate of drug-likeness (QED) is 0.243. The van der Waals surface area contributed by atoms with Crippen LogP contribution in [0.25, 0.3) is 0 Å². The molecule has 1 aliphatic heterocycles. The van der Waals surface area contributed by atoms with Crippen LogP contribution in [0.5, 0.6) is 0 Å². The van der Waals surface area contributed by atoms with Gasteiger partial charge in [-0.1, -0.05) is 42.2 Å². The van der Waals surface area contributed by atoms with Gasteiger partial charge in [-0.05, 0) is 43.7 Å². The van der Waals surface area contributed by atoms with Crippen molar-refractivity contribution in [1.29, 1.82) is 0 Å². The third-order valence-corrected chi connectivity index (χ3v) is 5.65. The second-order valence-electron chi connectivity index (χ2n) is 7.32. The molecule has 2 fully saturated rings. The maximum atomic E-state index is 11.7. The molecule has 142 valence electrons. The van der Waals surface area contributed by atoms with E-state index < -0.39 is 0 Å². The number of carbonyl (C=O) groups is 2. The predicted octanol–water partition coefficient (Wildman–Crippen LogP) is 3.55. The third kappa shape index (κ3) is 4.48. The van der Waals surface area contributed by atoms with E-state index in [0.717, 1.165) is 37.5 Å². The molecule has 0 amide bonds. The van der Waals surface area contributed by atoms with E-state index in [1.807, 2.05) is 30.3 Å². The Bertz CT molecular complexity index is 743. The third-order valence-electron chi connectivity index (χ3n) is 5.65. The molecule has 4 nitrogen and oxygen atoms in total. The standard InChI is InChI=1S/C23H26O4/c1-26-22(25)12-8-3-2-7-11-20-19(16-24)21-15-23(20,17-27-21)14-13-18-9-5-4-6-10-18/h2,4-7,9-10,16,19-21H,3,8,11-12,15,17H2,1H3/b7-2-/t19-,20-,21-,23-/m0/s1. The lowest BCUT2D eigenvalue weighted by molar-refractivity contribution is -0.140. The predicted molar refractivity (Wildman–Crippen MR) is 103 cm³/mol. The normalized spacial score (nSPS) is 28.7. The largest absolute Gasteiger partial charge is 0.469 e. The van der Waals surface area contributed by atoms with Crippen LogP contribution in [-0.4, -0.2) is 32.1 Å². The Labute approximate surface area is 160 Å². The number of carbonyl (C=O) groups excluding carboxylic acids is 2. The van der Waals surface area contributed by atoms with Gasteiger partial charge in [-0.2, -0.15) is 0 Å². The van der Waals surface area contributed by atoms with E-state index in [-0.39, 0.29) is 29.3 Å². The number of unbranched alkanes of at least 4 members (excludes halogenated alkanes) is 1. The van der Waals surface area contributed by atoms with Gasteiger partial charge in [0.15, 0.2) is 0 Å². The minimum Gasteiger partial charge on any atom is -0.469 e. The molecule has 2 bridgehead atoms. The second kappa shape index (κ2) is 9.01. The molecule has 3 rings (SSSR count). The first-order chi connectivity index (χ1) is 13.2. The summed E-state index contributed by atoms with van der Waals surface area (Å²) < 4.78 is 10.5. The molecule has 1 aromatic rings. The zero-order chi connectivity index (χ0) is 19.1. The molecule has 4 heteroatoms. The van der Waals surface area contributed by atoms with Crippen molar-refractivity contribution in [1.82, 2.24) is 0 Å². The first-order valence-corrected chi connectivity index (χ1v) is 9.55. The molecule has 1 saturated heterocycles. The van der Waals surface area contributed by atoms with Crippen molar-refractivity contribution >= 4 is 12.3 Å². The zero-order valence-electron chi connectivity index (χ0n) is 15.7. The van der Waals surface area contributed by atoms with Crippen molar-refractivity contribution in [2.75, 3.05) is 13.7 Å². The molecular weight excluding hydrogens is 340 g/mol. The van der Waals surface area contributed by atoms with Gasteiger partial charge >= 0.3 is 5.97 Å². The molecule has 2 aliphatic rings. The minimum atomic E-state index is -0.248. The van der Waals surface area contributed by atoms with Crippen molar-refractivity contribution < 1.29 is 19.1 Å². The molecule has 1 aliphatic carbocycles. The van der Waals surface area contributed by atoms with Crippen molar-refractivity contribution in [3.8, 4) is 11.8 Å². The average molecular weight is 366 g/mol. The van der Waals surface area contributed by atoms with Crippen molar-refractivity contribution in [3.05, 3.63) is 48.0 Å². The SMILES string of the molecule is COC(=O)CCC/C=C\C[C@H]1[C@H](C=O)[C@@H]2C[C@@]1(C#Cc1ccccc1)CO2. The first kappa shape index (κ1) is 19.4. The molecule has 0 radical (unpaired) electrons. The van der Waals surface area contributed by atoms with Crippen molar-refractivity contribution in [3.63, 3.8) is 0 Å². The van der Waals surface area contributed by atoms with Crippen LogP contribution >= 0.6 is 0 Å². The highest BCUT2D eigenvalue weighted by Crippen LogP contribution is 2.54. The molecule has 27 heavy (non-hydrogen) atoms. The van der Waals surface area contributed by atoms with Crippen LogP contribution in [-0.2, 0) is 19.1 Å². The van der Waals surface area contributed by atoms with Crippen LogP contribution in [0.4, 0.5) is 0 Å². The molecule has 1 saturated carbocycles. The van der Waals surface area contributed by atoms with Gasteiger partial charge in [0.05, 0.1) is 25.2 Å². The number of aldehydes is 1. The highest BCUT2D eigenvalue weighted by Gasteiger charge is 2.57. The minimum absolute atomic E-state index is 0.00898. The van der Waals surface area contributed by atoms with Crippen molar-refractivity contribution in [2.45, 2.75) is 38.2 Å². The van der Waals surface area contributed by atoms with Crippen LogP contribution < -0.4 is 0 Å². The van der Waals surface area contributed by atoms with Gasteiger partial charge in [-0.15, -0.1) is 0 Å². The Morgan fingerprint density at radius 1 is 1.33 bits per heavy atom. The summed E-state index contributed by atoms with van der Waals surface area (Å²) >= 11 is 0. The van der Waals surface area contributed by atoms with Crippen molar-refractivity contribution in [2.24, 2.45) is 17.3 Å². The van der Waals surface area contributed by atoms with Crippen LogP contribution in [0, 0.1) is 29.1 Å². The number of allylic oxidation sites excluding steroid dienone is 2. The lowest BCUT2D eigenvalue weighted by Gasteiger charge is -2.32. The summed E-state index contributed by atoms with van der Waals surface area (Å²) in [6.45, 7) is 0.600. The summed E-state index contributed by atoms with van der Waals surface area (Å²) in [6, 6.07) is 9.93. The van der Waals surface area contributed by atoms with Gasteiger partial charge in [0.2, 0.25) is 0 Å². The fraction of sp³-hybridized carbons (Fsp3) is 0.478. The molecule has 0 N–H and O–H groups in total. The van der Waals surface area contributed by atoms with Crippen LogP contribution in [0.2, 0.25) is 0 Å². The van der Waals surface area contributed by atoms with Crippen LogP contribution in [0.3, 0.4) is 0 Å². The molecule has 1 aromatic carbocycles. The van der Waals surface area contributed by atoms with E-state index in [9.17, 15) is 9.59 Å². The monoisotopic (exact) mass is 366 g/mol. The van der Waals surface area contributed by atoms with Gasteiger partial charge in [0.1, 0.15) is 6.29 Å². The van der Waals surface area contributed by atoms with E-state index in [4.69, 9.17) is 4.74 Å². The number of ether oxygens (including phenoxy) is 2. The van der Waals surface area contributed by atoms with Gasteiger partial charge in [0, 0.05) is 17.9 Å². The fourth-order valence-corrected chi connectivity index (χ4v) is 4.16. The molecule has 0 spiro atoms. The van der Waals surface area contributed by atoms with E-state index >= 15 is 0 Å². The summed E-state index contributed by atoms with van der Waals surface area (Å²) in [5.41, 5.74) is 0.740. The number of fused-ring (bicyclic) bond motifs is 2. The van der Waals surface area contributed by atoms with Crippen LogP contribution in [0.15, 0.2) is 42.5 Å². The fourth-order valence-electron chi connectivity index (χ4n) is 4.16. The summed E-state index contributed by atoms with van der Waals surface area (Å²) in [5.74, 6) is 6.66. The van der Waals surface area contributed by atoms with E-state index in [0.29, 0.717) is 13.0 Å². The average Bonchev–Trinajstić information content (AvgIpc) is 3.26. The van der Waals surface area contributed by atoms with Gasteiger partial charge in [0.25, 0.3) is 0 Å². The lowest BCUT2D eigenvalue weighted by atomic mass is 9.74. The summed E-state index contributed by atoms with van der Waals surface area (Å²) in [5, 5.41) is 0. The Hall–Kier alpha value is -2.38. The number of benzene rings is 1. The zero-order valence-corrected chi connectivity index (χ0v) is 15.7. The number of hydrogen-bond donors (Lipinski definition) is 0.